The molecule has 0 aliphatic rings. The van der Waals surface area contributed by atoms with Crippen LogP contribution in [0.1, 0.15) is 309 Å². The molecule has 0 bridgehead atoms. The van der Waals surface area contributed by atoms with Crippen LogP contribution in [-0.4, -0.2) is 49.3 Å². The third kappa shape index (κ3) is 59.1. The number of hydrogen-bond donors (Lipinski definition) is 2. The number of carbonyl (C=O) groups is 2. The second-order valence-corrected chi connectivity index (χ2v) is 22.4. The van der Waals surface area contributed by atoms with Gasteiger partial charge in [-0.2, -0.15) is 0 Å². The van der Waals surface area contributed by atoms with E-state index in [1.807, 2.05) is 0 Å². The lowest BCUT2D eigenvalue weighted by Gasteiger charge is -2.19. The molecule has 10 heteroatoms. The summed E-state index contributed by atoms with van der Waals surface area (Å²) in [6.07, 6.45) is 73.4. The quantitative estimate of drug-likeness (QED) is 0.0264. The van der Waals surface area contributed by atoms with E-state index in [1.165, 1.54) is 212 Å². The summed E-state index contributed by atoms with van der Waals surface area (Å²) in [5, 5.41) is 0. The fourth-order valence-electron chi connectivity index (χ4n) is 9.05. The fourth-order valence-corrected chi connectivity index (χ4v) is 9.82. The highest BCUT2D eigenvalue weighted by atomic mass is 31.2. The van der Waals surface area contributed by atoms with Crippen molar-refractivity contribution in [2.24, 2.45) is 5.73 Å². The van der Waals surface area contributed by atoms with Crippen molar-refractivity contribution in [3.8, 4) is 0 Å². The zero-order valence-electron chi connectivity index (χ0n) is 47.9. The smallest absolute Gasteiger partial charge is 0.462 e. The third-order valence-corrected chi connectivity index (χ3v) is 14.7. The Labute approximate surface area is 451 Å². The first-order chi connectivity index (χ1) is 35.8. The minimum absolute atomic E-state index is 0.0535. The molecule has 0 aromatic rings. The topological polar surface area (TPSA) is 134 Å². The van der Waals surface area contributed by atoms with Crippen LogP contribution in [0.15, 0.2) is 48.6 Å². The largest absolute Gasteiger partial charge is 0.472 e. The van der Waals surface area contributed by atoms with Gasteiger partial charge < -0.3 is 20.1 Å². The standard InChI is InChI=1S/C63H118NO8P/c1-3-5-7-9-11-13-15-17-19-20-21-22-23-24-25-26-27-28-29-30-31-32-33-34-35-36-37-38-39-40-42-44-46-48-50-52-54-56-63(66)72-61(60-71-73(67,68)70-58-57-64)59-69-62(65)55-53-51-49-47-45-43-41-18-16-14-12-10-8-6-4-2/h15,17-18,20-21,23-24,41,61H,3-14,16,19,22,25-40,42-60,64H2,1-2H3,(H,67,68)/b17-15-,21-20-,24-23-,41-18-. The second-order valence-electron chi connectivity index (χ2n) is 20.9. The average molecular weight is 1050 g/mol. The van der Waals surface area contributed by atoms with Gasteiger partial charge in [0.15, 0.2) is 6.10 Å². The van der Waals surface area contributed by atoms with Gasteiger partial charge in [-0.15, -0.1) is 0 Å². The maximum Gasteiger partial charge on any atom is 0.472 e. The lowest BCUT2D eigenvalue weighted by Crippen LogP contribution is -2.29. The third-order valence-electron chi connectivity index (χ3n) is 13.7. The van der Waals surface area contributed by atoms with Crippen molar-refractivity contribution in [3.05, 3.63) is 48.6 Å². The Morgan fingerprint density at radius 1 is 0.411 bits per heavy atom. The van der Waals surface area contributed by atoms with E-state index in [0.29, 0.717) is 6.42 Å². The molecule has 0 heterocycles. The molecule has 9 nitrogen and oxygen atoms in total. The van der Waals surface area contributed by atoms with E-state index in [1.54, 1.807) is 0 Å². The number of phosphoric ester groups is 1. The summed E-state index contributed by atoms with van der Waals surface area (Å²) in [6.45, 7) is 3.75. The van der Waals surface area contributed by atoms with Gasteiger partial charge in [-0.05, 0) is 77.0 Å². The van der Waals surface area contributed by atoms with Gasteiger partial charge in [0.25, 0.3) is 0 Å². The van der Waals surface area contributed by atoms with Crippen molar-refractivity contribution in [2.45, 2.75) is 315 Å². The van der Waals surface area contributed by atoms with Gasteiger partial charge in [-0.1, -0.05) is 268 Å². The molecule has 0 saturated heterocycles. The molecule has 2 atom stereocenters. The number of unbranched alkanes of at least 4 members (excludes halogenated alkanes) is 38. The number of hydrogen-bond acceptors (Lipinski definition) is 8. The normalized spacial score (nSPS) is 13.3. The van der Waals surface area contributed by atoms with Gasteiger partial charge in [-0.25, -0.2) is 4.57 Å². The molecule has 0 aromatic carbocycles. The Hall–Kier alpha value is -2.03. The van der Waals surface area contributed by atoms with E-state index in [4.69, 9.17) is 24.3 Å². The van der Waals surface area contributed by atoms with Crippen molar-refractivity contribution in [1.29, 1.82) is 0 Å². The Balaban J connectivity index is 3.80. The van der Waals surface area contributed by atoms with Crippen molar-refractivity contribution < 1.29 is 37.6 Å². The van der Waals surface area contributed by atoms with Gasteiger partial charge in [0, 0.05) is 19.4 Å². The lowest BCUT2D eigenvalue weighted by atomic mass is 10.0. The highest BCUT2D eigenvalue weighted by Crippen LogP contribution is 2.43. The summed E-state index contributed by atoms with van der Waals surface area (Å²) in [5.74, 6) is -0.825. The summed E-state index contributed by atoms with van der Waals surface area (Å²) in [5.41, 5.74) is 5.38. The Morgan fingerprint density at radius 2 is 0.712 bits per heavy atom. The molecule has 0 radical (unpaired) electrons. The number of phosphoric acid groups is 1. The molecule has 428 valence electrons. The molecule has 0 rings (SSSR count). The summed E-state index contributed by atoms with van der Waals surface area (Å²) in [6, 6.07) is 0. The van der Waals surface area contributed by atoms with Gasteiger partial charge in [0.1, 0.15) is 6.61 Å². The van der Waals surface area contributed by atoms with Crippen LogP contribution >= 0.6 is 7.82 Å². The van der Waals surface area contributed by atoms with Crippen LogP contribution in [0, 0.1) is 0 Å². The second kappa shape index (κ2) is 59.2. The van der Waals surface area contributed by atoms with E-state index < -0.39 is 26.5 Å². The maximum atomic E-state index is 12.7. The summed E-state index contributed by atoms with van der Waals surface area (Å²) < 4.78 is 33.0. The maximum absolute atomic E-state index is 12.7. The molecule has 0 spiro atoms. The predicted octanol–water partition coefficient (Wildman–Crippen LogP) is 19.7. The first kappa shape index (κ1) is 71.0. The van der Waals surface area contributed by atoms with Gasteiger partial charge in [0.05, 0.1) is 13.2 Å². The first-order valence-corrected chi connectivity index (χ1v) is 32.6. The zero-order chi connectivity index (χ0) is 53.1. The molecule has 0 fully saturated rings. The number of carbonyl (C=O) groups excluding carboxylic acids is 2. The summed E-state index contributed by atoms with van der Waals surface area (Å²) in [4.78, 5) is 35.1. The van der Waals surface area contributed by atoms with Gasteiger partial charge in [0.2, 0.25) is 0 Å². The number of nitrogens with two attached hydrogens (primary N) is 1. The monoisotopic (exact) mass is 1050 g/mol. The molecule has 0 aliphatic heterocycles. The number of ether oxygens (including phenoxy) is 2. The van der Waals surface area contributed by atoms with Gasteiger partial charge in [-0.3, -0.25) is 18.6 Å². The molecule has 0 amide bonds. The molecule has 3 N–H and O–H groups in total. The number of esters is 2. The van der Waals surface area contributed by atoms with Crippen molar-refractivity contribution >= 4 is 19.8 Å². The van der Waals surface area contributed by atoms with Crippen LogP contribution in [0.4, 0.5) is 0 Å². The van der Waals surface area contributed by atoms with Gasteiger partial charge >= 0.3 is 19.8 Å². The van der Waals surface area contributed by atoms with Crippen molar-refractivity contribution in [3.63, 3.8) is 0 Å². The van der Waals surface area contributed by atoms with Crippen LogP contribution in [0.3, 0.4) is 0 Å². The number of rotatable bonds is 59. The molecule has 0 aromatic heterocycles. The van der Waals surface area contributed by atoms with E-state index in [0.717, 1.165) is 64.2 Å². The van der Waals surface area contributed by atoms with Crippen molar-refractivity contribution in [2.75, 3.05) is 26.4 Å². The average Bonchev–Trinajstić information content (AvgIpc) is 3.38. The predicted molar refractivity (Wildman–Crippen MR) is 312 cm³/mol. The van der Waals surface area contributed by atoms with Crippen LogP contribution in [-0.2, 0) is 32.7 Å². The minimum Gasteiger partial charge on any atom is -0.462 e. The molecule has 2 unspecified atom stereocenters. The molecule has 73 heavy (non-hydrogen) atoms. The lowest BCUT2D eigenvalue weighted by molar-refractivity contribution is -0.161. The molecular weight excluding hydrogens is 930 g/mol. The van der Waals surface area contributed by atoms with E-state index >= 15 is 0 Å². The summed E-state index contributed by atoms with van der Waals surface area (Å²) in [7, 11) is -4.39. The molecule has 0 saturated carbocycles. The molecular formula is C63H118NO8P. The molecule has 0 aliphatic carbocycles. The fraction of sp³-hybridized carbons (Fsp3) is 0.841. The van der Waals surface area contributed by atoms with Crippen molar-refractivity contribution in [1.82, 2.24) is 0 Å². The Bertz CT molecular complexity index is 1330. The van der Waals surface area contributed by atoms with Crippen LogP contribution in [0.2, 0.25) is 0 Å². The zero-order valence-corrected chi connectivity index (χ0v) is 48.8. The SMILES string of the molecule is CCCCCCC/C=C\C/C=C\C/C=C\CCCCCCCCCCCCCCCCCCCCCCCCC(=O)OC(COC(=O)CCCCCCC/C=C\CCCCCCCC)COP(=O)(O)OCCN. The summed E-state index contributed by atoms with van der Waals surface area (Å²) >= 11 is 0. The Kier molecular flexibility index (Phi) is 57.6. The first-order valence-electron chi connectivity index (χ1n) is 31.1. The highest BCUT2D eigenvalue weighted by Gasteiger charge is 2.26. The Morgan fingerprint density at radius 3 is 1.07 bits per heavy atom. The van der Waals surface area contributed by atoms with E-state index in [-0.39, 0.29) is 38.6 Å². The number of allylic oxidation sites excluding steroid dienone is 8. The van der Waals surface area contributed by atoms with Crippen LogP contribution in [0.5, 0.6) is 0 Å². The highest BCUT2D eigenvalue weighted by molar-refractivity contribution is 7.47. The minimum atomic E-state index is -4.39. The van der Waals surface area contributed by atoms with E-state index in [2.05, 4.69) is 62.5 Å². The van der Waals surface area contributed by atoms with E-state index in [9.17, 15) is 19.0 Å². The van der Waals surface area contributed by atoms with Crippen LogP contribution < -0.4 is 5.73 Å². The van der Waals surface area contributed by atoms with Crippen LogP contribution in [0.25, 0.3) is 0 Å².